The van der Waals surface area contributed by atoms with Crippen molar-refractivity contribution in [2.45, 2.75) is 103 Å². The molecule has 8 rings (SSSR count). The first-order valence-electron chi connectivity index (χ1n) is 17.8. The van der Waals surface area contributed by atoms with E-state index in [1.165, 1.54) is 61.0 Å². The van der Waals surface area contributed by atoms with Crippen molar-refractivity contribution in [3.63, 3.8) is 0 Å². The van der Waals surface area contributed by atoms with Crippen LogP contribution in [0.5, 0.6) is 0 Å². The number of benzene rings is 2. The van der Waals surface area contributed by atoms with Gasteiger partial charge in [-0.1, -0.05) is 112 Å². The summed E-state index contributed by atoms with van der Waals surface area (Å²) in [6.45, 7) is 24.3. The summed E-state index contributed by atoms with van der Waals surface area (Å²) < 4.78 is 11.7. The average Bonchev–Trinajstić information content (AvgIpc) is 2.95. The monoisotopic (exact) mass is 667 g/mol. The van der Waals surface area contributed by atoms with Gasteiger partial charge in [0, 0.05) is 17.3 Å². The molecule has 1 aliphatic heterocycles. The van der Waals surface area contributed by atoms with E-state index in [4.69, 9.17) is 4.43 Å². The smallest absolute Gasteiger partial charge is 0.184 e. The van der Waals surface area contributed by atoms with Gasteiger partial charge < -0.3 is 8.99 Å². The van der Waals surface area contributed by atoms with Crippen LogP contribution < -0.4 is 4.57 Å². The van der Waals surface area contributed by atoms with Gasteiger partial charge in [-0.05, 0) is 105 Å². The molecule has 0 spiro atoms. The van der Waals surface area contributed by atoms with E-state index in [0.29, 0.717) is 5.92 Å². The van der Waals surface area contributed by atoms with Gasteiger partial charge >= 0.3 is 0 Å². The molecule has 0 amide bonds. The SMILES string of the molecule is C[Si](C)(C)OC1(C23CC4CC(CC(C4)C2)C3)C2C=CC=CC2=C(c2ccccc2)N(c2ccccc2)[Si]1([Si](C)(C)C)[Si](C)(C)C. The van der Waals surface area contributed by atoms with Gasteiger partial charge in [-0.25, -0.2) is 0 Å². The minimum Gasteiger partial charge on any atom is -0.412 e. The molecule has 1 heterocycles. The Hall–Kier alpha value is -1.71. The largest absolute Gasteiger partial charge is 0.412 e. The van der Waals surface area contributed by atoms with Crippen LogP contribution in [0, 0.1) is 29.1 Å². The normalized spacial score (nSPS) is 33.9. The van der Waals surface area contributed by atoms with Gasteiger partial charge in [-0.3, -0.25) is 0 Å². The summed E-state index contributed by atoms with van der Waals surface area (Å²) in [5, 5.41) is -0.167. The number of allylic oxidation sites excluding steroid dienone is 3. The molecule has 4 saturated carbocycles. The first-order valence-corrected chi connectivity index (χ1v) is 32.2. The molecule has 2 aromatic rings. The molecule has 2 aromatic carbocycles. The molecule has 0 N–H and O–H groups in total. The summed E-state index contributed by atoms with van der Waals surface area (Å²) in [4.78, 5) is 0. The lowest BCUT2D eigenvalue weighted by Gasteiger charge is -2.78. The first kappa shape index (κ1) is 31.9. The van der Waals surface area contributed by atoms with Crippen molar-refractivity contribution in [1.82, 2.24) is 0 Å². The number of nitrogens with zero attached hydrogens (tertiary/aromatic N) is 1. The molecule has 2 atom stereocenters. The van der Waals surface area contributed by atoms with Crippen LogP contribution in [0.25, 0.3) is 5.70 Å². The Labute approximate surface area is 277 Å². The lowest BCUT2D eigenvalue weighted by molar-refractivity contribution is -0.146. The fourth-order valence-corrected chi connectivity index (χ4v) is 67.0. The van der Waals surface area contributed by atoms with Crippen LogP contribution in [0.2, 0.25) is 58.9 Å². The Morgan fingerprint density at radius 1 is 0.689 bits per heavy atom. The summed E-state index contributed by atoms with van der Waals surface area (Å²) >= 11 is 0. The molecule has 2 nitrogen and oxygen atoms in total. The van der Waals surface area contributed by atoms with E-state index < -0.39 is 30.8 Å². The molecular weight excluding hydrogens is 611 g/mol. The van der Waals surface area contributed by atoms with Crippen molar-refractivity contribution in [3.05, 3.63) is 96.1 Å². The van der Waals surface area contributed by atoms with Gasteiger partial charge in [-0.2, -0.15) is 0 Å². The molecule has 0 aromatic heterocycles. The zero-order valence-corrected chi connectivity index (χ0v) is 33.5. The van der Waals surface area contributed by atoms with Crippen LogP contribution in [0.4, 0.5) is 5.69 Å². The second-order valence-corrected chi connectivity index (χ2v) is 49.3. The second-order valence-electron chi connectivity index (χ2n) is 18.4. The molecule has 45 heavy (non-hydrogen) atoms. The van der Waals surface area contributed by atoms with Gasteiger partial charge in [0.25, 0.3) is 0 Å². The van der Waals surface area contributed by atoms with E-state index in [1.807, 2.05) is 0 Å². The van der Waals surface area contributed by atoms with Crippen molar-refractivity contribution < 1.29 is 4.43 Å². The average molecular weight is 668 g/mol. The molecule has 6 heteroatoms. The van der Waals surface area contributed by atoms with E-state index in [2.05, 4.69) is 148 Å². The lowest BCUT2D eigenvalue weighted by Crippen LogP contribution is -2.96. The zero-order chi connectivity index (χ0) is 32.0. The number of para-hydroxylation sites is 1. The number of rotatable bonds is 7. The fourth-order valence-electron chi connectivity index (χ4n) is 12.5. The third-order valence-electron chi connectivity index (χ3n) is 12.4. The van der Waals surface area contributed by atoms with Crippen molar-refractivity contribution in [2.75, 3.05) is 4.57 Å². The predicted octanol–water partition coefficient (Wildman–Crippen LogP) is 10.8. The van der Waals surface area contributed by atoms with Crippen molar-refractivity contribution in [2.24, 2.45) is 29.1 Å². The number of anilines is 1. The maximum atomic E-state index is 8.53. The number of fused-ring (bicyclic) bond motifs is 1. The van der Waals surface area contributed by atoms with E-state index in [9.17, 15) is 0 Å². The van der Waals surface area contributed by atoms with Crippen LogP contribution in [0.3, 0.4) is 0 Å². The molecule has 2 unspecified atom stereocenters. The second kappa shape index (κ2) is 10.6. The summed E-state index contributed by atoms with van der Waals surface area (Å²) in [7, 11) is -8.65. The molecular formula is C39H57NOSi4. The van der Waals surface area contributed by atoms with E-state index >= 15 is 0 Å². The van der Waals surface area contributed by atoms with Crippen LogP contribution in [0.1, 0.15) is 44.1 Å². The Balaban J connectivity index is 1.71. The van der Waals surface area contributed by atoms with Gasteiger partial charge in [0.05, 0.1) is 20.4 Å². The Bertz CT molecular complexity index is 1480. The van der Waals surface area contributed by atoms with Gasteiger partial charge in [0.2, 0.25) is 0 Å². The summed E-state index contributed by atoms with van der Waals surface area (Å²) in [5.41, 5.74) is 6.02. The highest BCUT2D eigenvalue weighted by Gasteiger charge is 2.81. The van der Waals surface area contributed by atoms with Crippen LogP contribution in [-0.2, 0) is 4.43 Å². The molecule has 0 radical (unpaired) electrons. The predicted molar refractivity (Wildman–Crippen MR) is 204 cm³/mol. The van der Waals surface area contributed by atoms with E-state index in [-0.39, 0.29) is 10.6 Å². The molecule has 240 valence electrons. The highest BCUT2D eigenvalue weighted by atomic mass is 29.6. The van der Waals surface area contributed by atoms with Crippen molar-refractivity contribution in [1.29, 1.82) is 0 Å². The summed E-state index contributed by atoms with van der Waals surface area (Å²) in [5.74, 6) is 2.93. The highest BCUT2D eigenvalue weighted by molar-refractivity contribution is 7.71. The van der Waals surface area contributed by atoms with Crippen LogP contribution in [0.15, 0.2) is 90.5 Å². The third-order valence-corrected chi connectivity index (χ3v) is 51.1. The lowest BCUT2D eigenvalue weighted by atomic mass is 9.46. The van der Waals surface area contributed by atoms with E-state index in [1.54, 1.807) is 0 Å². The molecule has 6 aliphatic rings. The van der Waals surface area contributed by atoms with Crippen molar-refractivity contribution in [3.8, 4) is 0 Å². The molecule has 4 fully saturated rings. The Morgan fingerprint density at radius 2 is 1.20 bits per heavy atom. The van der Waals surface area contributed by atoms with Crippen molar-refractivity contribution >= 4 is 42.2 Å². The van der Waals surface area contributed by atoms with Crippen LogP contribution in [-0.4, -0.2) is 36.0 Å². The minimum atomic E-state index is -2.60. The standard InChI is InChI=1S/C39H57NOSi4/c1-42(2,3)41-39(38-27-30-24-31(28-38)26-32(25-30)29-38)36-23-17-16-22-35(36)37(33-18-12-10-13-19-33)40(34-20-14-11-15-21-34)45(39,43(4,5)6)44(7,8)9/h10-23,30-32,36H,24-29H2,1-9H3. The molecule has 4 bridgehead atoms. The third kappa shape index (κ3) is 4.59. The maximum Gasteiger partial charge on any atom is 0.184 e. The summed E-state index contributed by atoms with van der Waals surface area (Å²) in [6.07, 6.45) is 18.5. The molecule has 5 aliphatic carbocycles. The van der Waals surface area contributed by atoms with Gasteiger partial charge in [0.1, 0.15) is 0 Å². The highest BCUT2D eigenvalue weighted by Crippen LogP contribution is 2.72. The number of hydrogen-bond donors (Lipinski definition) is 0. The quantitative estimate of drug-likeness (QED) is 0.273. The zero-order valence-electron chi connectivity index (χ0n) is 29.5. The van der Waals surface area contributed by atoms with Gasteiger partial charge in [0.15, 0.2) is 15.6 Å². The number of hydrogen-bond acceptors (Lipinski definition) is 2. The maximum absolute atomic E-state index is 8.53. The minimum absolute atomic E-state index is 0.167. The summed E-state index contributed by atoms with van der Waals surface area (Å²) in [6, 6.07) is 23.2. The topological polar surface area (TPSA) is 12.5 Å². The Morgan fingerprint density at radius 3 is 1.69 bits per heavy atom. The van der Waals surface area contributed by atoms with Gasteiger partial charge in [-0.15, -0.1) is 0 Å². The van der Waals surface area contributed by atoms with E-state index in [0.717, 1.165) is 17.8 Å². The fraction of sp³-hybridized carbons (Fsp3) is 0.538. The first-order chi connectivity index (χ1) is 21.1. The Kier molecular flexibility index (Phi) is 7.54. The van der Waals surface area contributed by atoms with Crippen LogP contribution >= 0.6 is 0 Å². The molecule has 0 saturated heterocycles.